The zero-order valence-corrected chi connectivity index (χ0v) is 55.7. The summed E-state index contributed by atoms with van der Waals surface area (Å²) in [7, 11) is -5.06. The van der Waals surface area contributed by atoms with Crippen LogP contribution >= 0.6 is 7.82 Å². The molecular weight excluding hydrogens is 1240 g/mol. The number of benzene rings is 1. The number of rotatable bonds is 26. The van der Waals surface area contributed by atoms with E-state index in [4.69, 9.17) is 69.5 Å². The van der Waals surface area contributed by atoms with E-state index in [0.717, 1.165) is 11.1 Å². The normalized spacial score (nSPS) is 36.4. The third-order valence-electron chi connectivity index (χ3n) is 21.2. The molecule has 16 N–H and O–H groups in total. The van der Waals surface area contributed by atoms with Gasteiger partial charge in [-0.15, -0.1) is 40.9 Å². The largest absolute Gasteiger partial charge is 0.681 e. The molecule has 8 bridgehead atoms. The Morgan fingerprint density at radius 3 is 2.01 bits per heavy atom. The summed E-state index contributed by atoms with van der Waals surface area (Å²) in [5.74, 6) is -6.94. The van der Waals surface area contributed by atoms with E-state index >= 15 is 0 Å². The summed E-state index contributed by atoms with van der Waals surface area (Å²) < 4.78 is 32.3. The van der Waals surface area contributed by atoms with Crippen molar-refractivity contribution in [2.24, 2.45) is 79.7 Å². The maximum atomic E-state index is 14.4. The Bertz CT molecular complexity index is 3340. The first-order valence-electron chi connectivity index (χ1n) is 30.9. The van der Waals surface area contributed by atoms with E-state index in [-0.39, 0.29) is 94.0 Å². The van der Waals surface area contributed by atoms with Crippen LogP contribution in [0.2, 0.25) is 0 Å². The topological polar surface area (TPSA) is 467 Å². The Hall–Kier alpha value is -5.78. The van der Waals surface area contributed by atoms with Gasteiger partial charge in [-0.05, 0) is 129 Å². The van der Waals surface area contributed by atoms with E-state index < -0.39 is 161 Å². The van der Waals surface area contributed by atoms with Gasteiger partial charge in [0.15, 0.2) is 6.23 Å². The number of nitrogens with one attached hydrogen (secondary N) is 1. The van der Waals surface area contributed by atoms with Crippen molar-refractivity contribution in [3.05, 3.63) is 85.2 Å². The van der Waals surface area contributed by atoms with Crippen molar-refractivity contribution in [3.8, 4) is 0 Å². The molecule has 91 heavy (non-hydrogen) atoms. The molecule has 5 saturated heterocycles. The number of ether oxygens (including phenoxy) is 1. The molecule has 1 aromatic heterocycles. The maximum absolute atomic E-state index is 14.4. The minimum Gasteiger partial charge on any atom is -0.681 e. The summed E-state index contributed by atoms with van der Waals surface area (Å²) in [5, 5.41) is 47.0. The van der Waals surface area contributed by atoms with Crippen molar-refractivity contribution < 1.29 is 83.8 Å². The molecule has 18 atom stereocenters. The molecule has 6 aliphatic heterocycles. The predicted molar refractivity (Wildman–Crippen MR) is 333 cm³/mol. The molecule has 507 valence electrons. The number of aromatic nitrogens is 2. The van der Waals surface area contributed by atoms with E-state index in [1.165, 1.54) is 13.3 Å². The van der Waals surface area contributed by atoms with Crippen LogP contribution in [0.5, 0.6) is 0 Å². The van der Waals surface area contributed by atoms with Gasteiger partial charge in [0.05, 0.1) is 30.1 Å². The smallest absolute Gasteiger partial charge is 0.472 e. The van der Waals surface area contributed by atoms with Gasteiger partial charge in [-0.3, -0.25) is 42.6 Å². The molecule has 6 aliphatic rings. The number of amides is 7. The van der Waals surface area contributed by atoms with Crippen LogP contribution in [0.25, 0.3) is 32.3 Å². The number of fused-ring (bicyclic) bond motifs is 10. The molecule has 0 saturated carbocycles. The van der Waals surface area contributed by atoms with Crippen LogP contribution < -0.4 is 39.7 Å². The number of hydrogen-bond acceptors (Lipinski definition) is 14. The van der Waals surface area contributed by atoms with Gasteiger partial charge in [-0.2, -0.15) is 17.1 Å². The third-order valence-corrected chi connectivity index (χ3v) is 22.3. The van der Waals surface area contributed by atoms with Gasteiger partial charge in [-0.25, -0.2) is 9.55 Å². The first kappa shape index (κ1) is 72.6. The van der Waals surface area contributed by atoms with E-state index in [0.29, 0.717) is 39.3 Å². The first-order valence-corrected chi connectivity index (χ1v) is 32.4. The minimum absolute atomic E-state index is 0. The molecule has 8 rings (SSSR count). The molecule has 0 spiro atoms. The number of hydrogen-bond donors (Lipinski definition) is 10. The number of phosphoric acid groups is 1. The number of allylic oxidation sites excluding steroid dienone is 3. The summed E-state index contributed by atoms with van der Waals surface area (Å²) in [6.07, 6.45) is -3.98. The van der Waals surface area contributed by atoms with E-state index in [1.54, 1.807) is 4.57 Å². The van der Waals surface area contributed by atoms with Crippen molar-refractivity contribution in [2.75, 3.05) is 13.2 Å². The number of imidazole rings is 1. The summed E-state index contributed by atoms with van der Waals surface area (Å²) >= 11 is 0. The van der Waals surface area contributed by atoms with Gasteiger partial charge in [0.25, 0.3) is 0 Å². The molecule has 5 fully saturated rings. The Balaban J connectivity index is 0.0000118. The second kappa shape index (κ2) is 27.3. The number of nitrogens with two attached hydrogens (primary N) is 6. The number of aliphatic hydroxyl groups is 2. The third kappa shape index (κ3) is 14.1. The molecule has 7 amide bonds. The van der Waals surface area contributed by atoms with Gasteiger partial charge in [0, 0.05) is 68.3 Å². The number of carbonyl (C=O) groups excluding carboxylic acids is 7. The SMILES string of the molecule is C/C1=C2/[N-]/C(=C\C3[N-]/C(=C(/C)C4[N-][C@H]([C@H](CC(N)=O)[C@@]4(C)CCC(=O)NC[C@@H](C)OP(=O)(O)O[C@H]4[C@@H](O)[C@@H](n5cnc6cc(C)c(C)cc65)O[C@@H]4CO)[C@]4(C)[N-]C1[C@@H](CCC(N)=O)[C@]4(C)CC(N)=O)[C@@H](CCC(N)=O)C3(C)C)[C@@H](CCC(N)=O)[C@]2(C)CC(N)=O.[Co]. The predicted octanol–water partition coefficient (Wildman–Crippen LogP) is 4.85. The minimum atomic E-state index is -5.06. The average molecular weight is 1330 g/mol. The molecule has 1 radical (unpaired) electrons. The van der Waals surface area contributed by atoms with E-state index in [2.05, 4.69) is 10.3 Å². The van der Waals surface area contributed by atoms with Crippen LogP contribution in [0.4, 0.5) is 0 Å². The van der Waals surface area contributed by atoms with Crippen LogP contribution in [0.1, 0.15) is 150 Å². The second-order valence-corrected chi connectivity index (χ2v) is 29.0. The molecule has 2 aromatic rings. The quantitative estimate of drug-likeness (QED) is 0.0563. The Morgan fingerprint density at radius 2 is 1.42 bits per heavy atom. The fourth-order valence-corrected chi connectivity index (χ4v) is 17.2. The Kier molecular flexibility index (Phi) is 21.8. The summed E-state index contributed by atoms with van der Waals surface area (Å²) in [5.41, 5.74) is 36.3. The molecule has 0 aliphatic carbocycles. The maximum Gasteiger partial charge on any atom is 0.472 e. The summed E-state index contributed by atoms with van der Waals surface area (Å²) in [6, 6.07) is 0.367. The van der Waals surface area contributed by atoms with Gasteiger partial charge < -0.3 is 85.4 Å². The van der Waals surface area contributed by atoms with Crippen LogP contribution in [0.3, 0.4) is 0 Å². The van der Waals surface area contributed by atoms with Crippen molar-refractivity contribution >= 4 is 60.2 Å². The number of carbonyl (C=O) groups is 7. The number of phosphoric ester groups is 1. The standard InChI is InChI=1S/C62H92N13O14P.Co/c1-29-20-39-40(21-30(29)2)75(28-70-39)57-52(84)53(41(27-76)87-57)89-90(85,86)88-31(3)26-69-49(83)18-19-59(8)37(22-46(66)80)56-62(11)61(10,25-48(68)82)36(14-17-45(65)79)51(74-62)33(5)55-60(9,24-47(67)81)34(12-15-43(63)77)38(71-55)23-42-58(6,7)35(13-16-44(64)78)50(72-42)32(4)54(59)73-56;/h20-21,23,28,31,34-37,41-42,51-54,56-57,76,84H,12-19,22,24-27H2,1-11H3,(H2,63,77)(H2,64,78)(H2,65,79)(H2,66,80)(H2,67,81)(H2,68,82)(H,69,83)(H,85,86);/q-4;/b38-23-,50-32-,55-33-;/t31-,34-,35-,36-,37+,41-,42?,51?,52-,53-,54?,56-,57+,59-,60+,61+,62+;/m1./s1. The van der Waals surface area contributed by atoms with Crippen molar-refractivity contribution in [2.45, 2.75) is 207 Å². The first-order chi connectivity index (χ1) is 41.8. The monoisotopic (exact) mass is 1330 g/mol. The zero-order valence-electron chi connectivity index (χ0n) is 53.8. The van der Waals surface area contributed by atoms with Gasteiger partial charge in [0.1, 0.15) is 18.3 Å². The van der Waals surface area contributed by atoms with Gasteiger partial charge in [-0.1, -0.05) is 47.6 Å². The molecule has 27 nitrogen and oxygen atoms in total. The molecule has 29 heteroatoms. The van der Waals surface area contributed by atoms with Gasteiger partial charge >= 0.3 is 7.82 Å². The summed E-state index contributed by atoms with van der Waals surface area (Å²) in [4.78, 5) is 109. The molecule has 4 unspecified atom stereocenters. The fraction of sp³-hybridized carbons (Fsp3) is 0.677. The average Bonchev–Trinajstić information content (AvgIpc) is 1.54. The number of aliphatic hydroxyl groups excluding tert-OH is 2. The van der Waals surface area contributed by atoms with Crippen LogP contribution in [0, 0.1) is 59.2 Å². The number of nitrogens with zero attached hydrogens (tertiary/aromatic N) is 6. The van der Waals surface area contributed by atoms with E-state index in [9.17, 15) is 53.2 Å². The Labute approximate surface area is 541 Å². The molecular formula is C62H92CoN13O14P-4. The van der Waals surface area contributed by atoms with Crippen molar-refractivity contribution in [1.29, 1.82) is 0 Å². The van der Waals surface area contributed by atoms with Crippen LogP contribution in [-0.4, -0.2) is 133 Å². The number of aryl methyl sites for hydroxylation is 2. The van der Waals surface area contributed by atoms with E-state index in [1.807, 2.05) is 87.4 Å². The van der Waals surface area contributed by atoms with Crippen LogP contribution in [-0.2, 0) is 68.7 Å². The Morgan fingerprint density at radius 1 is 0.813 bits per heavy atom. The number of primary amides is 6. The fourth-order valence-electron chi connectivity index (χ4n) is 16.1. The van der Waals surface area contributed by atoms with Gasteiger partial charge in [0.2, 0.25) is 41.4 Å². The summed E-state index contributed by atoms with van der Waals surface area (Å²) in [6.45, 7) is 19.5. The zero-order chi connectivity index (χ0) is 66.7. The second-order valence-electron chi connectivity index (χ2n) is 27.6. The molecule has 7 heterocycles. The molecule has 1 aromatic carbocycles. The van der Waals surface area contributed by atoms with Crippen molar-refractivity contribution in [3.63, 3.8) is 0 Å². The van der Waals surface area contributed by atoms with Crippen molar-refractivity contribution in [1.82, 2.24) is 14.9 Å². The van der Waals surface area contributed by atoms with Crippen LogP contribution in [0.15, 0.2) is 52.8 Å².